The summed E-state index contributed by atoms with van der Waals surface area (Å²) in [4.78, 5) is 26.6. The number of hydrogen-bond donors (Lipinski definition) is 1. The molecule has 0 unspecified atom stereocenters. The highest BCUT2D eigenvalue weighted by atomic mass is 32.1. The van der Waals surface area contributed by atoms with Crippen LogP contribution in [0.15, 0.2) is 53.9 Å². The van der Waals surface area contributed by atoms with Crippen molar-refractivity contribution in [2.24, 2.45) is 0 Å². The minimum atomic E-state index is -0.479. The van der Waals surface area contributed by atoms with Gasteiger partial charge in [0.2, 0.25) is 5.91 Å². The van der Waals surface area contributed by atoms with Crippen LogP contribution in [0.2, 0.25) is 0 Å². The molecule has 0 atom stereocenters. The number of hydrogen-bond acceptors (Lipinski definition) is 5. The Labute approximate surface area is 146 Å². The third kappa shape index (κ3) is 4.04. The Morgan fingerprint density at radius 1 is 1.24 bits per heavy atom. The molecule has 1 N–H and O–H groups in total. The second-order valence-electron chi connectivity index (χ2n) is 5.16. The van der Waals surface area contributed by atoms with Crippen molar-refractivity contribution in [3.8, 4) is 11.3 Å². The molecule has 3 rings (SSSR count). The molecule has 0 aliphatic heterocycles. The van der Waals surface area contributed by atoms with Crippen LogP contribution in [-0.2, 0) is 11.2 Å². The lowest BCUT2D eigenvalue weighted by Gasteiger charge is -2.03. The highest BCUT2D eigenvalue weighted by Gasteiger charge is 2.12. The van der Waals surface area contributed by atoms with E-state index in [0.717, 1.165) is 0 Å². The van der Waals surface area contributed by atoms with Gasteiger partial charge in [-0.05, 0) is 11.6 Å². The van der Waals surface area contributed by atoms with Gasteiger partial charge in [-0.15, -0.1) is 11.3 Å². The van der Waals surface area contributed by atoms with Crippen molar-refractivity contribution in [1.82, 2.24) is 4.98 Å². The normalized spacial score (nSPS) is 10.4. The maximum atomic E-state index is 13.6. The van der Waals surface area contributed by atoms with Crippen molar-refractivity contribution in [1.29, 1.82) is 0 Å². The lowest BCUT2D eigenvalue weighted by molar-refractivity contribution is -0.384. The number of benzene rings is 2. The highest BCUT2D eigenvalue weighted by molar-refractivity contribution is 7.14. The highest BCUT2D eigenvalue weighted by Crippen LogP contribution is 2.27. The molecular weight excluding hydrogens is 345 g/mol. The summed E-state index contributed by atoms with van der Waals surface area (Å²) in [5.74, 6) is -0.820. The number of thiazole rings is 1. The fraction of sp³-hybridized carbons (Fsp3) is 0.0588. The monoisotopic (exact) mass is 357 g/mol. The summed E-state index contributed by atoms with van der Waals surface area (Å²) < 4.78 is 13.6. The van der Waals surface area contributed by atoms with Gasteiger partial charge in [0, 0.05) is 23.1 Å². The minimum Gasteiger partial charge on any atom is -0.302 e. The van der Waals surface area contributed by atoms with Crippen molar-refractivity contribution in [3.05, 3.63) is 75.4 Å². The van der Waals surface area contributed by atoms with Crippen LogP contribution in [0, 0.1) is 15.9 Å². The first-order chi connectivity index (χ1) is 12.0. The average molecular weight is 357 g/mol. The van der Waals surface area contributed by atoms with Gasteiger partial charge in [0.1, 0.15) is 5.82 Å². The van der Waals surface area contributed by atoms with Gasteiger partial charge >= 0.3 is 0 Å². The molecule has 0 aliphatic rings. The number of carbonyl (C=O) groups excluding carboxylic acids is 1. The topological polar surface area (TPSA) is 85.1 Å². The quantitative estimate of drug-likeness (QED) is 0.552. The summed E-state index contributed by atoms with van der Waals surface area (Å²) in [6, 6.07) is 12.2. The number of anilines is 1. The number of non-ortho nitro benzene ring substituents is 1. The molecule has 25 heavy (non-hydrogen) atoms. The Hall–Kier alpha value is -3.13. The third-order valence-corrected chi connectivity index (χ3v) is 4.17. The van der Waals surface area contributed by atoms with Crippen LogP contribution >= 0.6 is 11.3 Å². The lowest BCUT2D eigenvalue weighted by Crippen LogP contribution is -2.15. The Morgan fingerprint density at radius 2 is 2.04 bits per heavy atom. The van der Waals surface area contributed by atoms with Crippen LogP contribution < -0.4 is 5.32 Å². The molecule has 6 nitrogen and oxygen atoms in total. The van der Waals surface area contributed by atoms with Crippen LogP contribution in [0.5, 0.6) is 0 Å². The number of nitro groups is 1. The van der Waals surface area contributed by atoms with E-state index in [1.54, 1.807) is 35.7 Å². The summed E-state index contributed by atoms with van der Waals surface area (Å²) in [6.45, 7) is 0. The van der Waals surface area contributed by atoms with E-state index in [-0.39, 0.29) is 18.0 Å². The van der Waals surface area contributed by atoms with Crippen LogP contribution in [0.4, 0.5) is 15.2 Å². The Bertz CT molecular complexity index is 942. The SMILES string of the molecule is O=C(Cc1ccccc1F)Nc1nc(-c2cccc([N+](=O)[O-])c2)cs1. The van der Waals surface area contributed by atoms with Gasteiger partial charge in [0.05, 0.1) is 17.0 Å². The van der Waals surface area contributed by atoms with Gasteiger partial charge in [-0.25, -0.2) is 9.37 Å². The zero-order valence-corrected chi connectivity index (χ0v) is 13.6. The number of amides is 1. The molecule has 0 radical (unpaired) electrons. The molecule has 0 saturated heterocycles. The molecule has 1 amide bonds. The maximum absolute atomic E-state index is 13.6. The van der Waals surface area contributed by atoms with Crippen molar-refractivity contribution >= 4 is 28.1 Å². The Kier molecular flexibility index (Phi) is 4.80. The van der Waals surface area contributed by atoms with Crippen molar-refractivity contribution in [3.63, 3.8) is 0 Å². The van der Waals surface area contributed by atoms with E-state index < -0.39 is 10.7 Å². The van der Waals surface area contributed by atoms with Gasteiger partial charge in [-0.1, -0.05) is 30.3 Å². The standard InChI is InChI=1S/C17H12FN3O3S/c18-14-7-2-1-4-11(14)9-16(22)20-17-19-15(10-25-17)12-5-3-6-13(8-12)21(23)24/h1-8,10H,9H2,(H,19,20,22). The average Bonchev–Trinajstić information content (AvgIpc) is 3.05. The summed E-state index contributed by atoms with van der Waals surface area (Å²) in [7, 11) is 0. The second-order valence-corrected chi connectivity index (χ2v) is 6.02. The van der Waals surface area contributed by atoms with E-state index in [2.05, 4.69) is 10.3 Å². The van der Waals surface area contributed by atoms with E-state index in [0.29, 0.717) is 22.0 Å². The number of halogens is 1. The van der Waals surface area contributed by atoms with Gasteiger partial charge in [0.25, 0.3) is 5.69 Å². The lowest BCUT2D eigenvalue weighted by atomic mass is 10.1. The molecule has 1 heterocycles. The van der Waals surface area contributed by atoms with Crippen LogP contribution in [0.1, 0.15) is 5.56 Å². The molecular formula is C17H12FN3O3S. The Balaban J connectivity index is 1.71. The van der Waals surface area contributed by atoms with Crippen LogP contribution in [-0.4, -0.2) is 15.8 Å². The first-order valence-corrected chi connectivity index (χ1v) is 8.14. The van der Waals surface area contributed by atoms with Crippen LogP contribution in [0.3, 0.4) is 0 Å². The fourth-order valence-electron chi connectivity index (χ4n) is 2.22. The zero-order valence-electron chi connectivity index (χ0n) is 12.8. The van der Waals surface area contributed by atoms with Crippen molar-refractivity contribution in [2.75, 3.05) is 5.32 Å². The number of rotatable bonds is 5. The maximum Gasteiger partial charge on any atom is 0.270 e. The first kappa shape index (κ1) is 16.7. The number of carbonyl (C=O) groups is 1. The number of aromatic nitrogens is 1. The summed E-state index contributed by atoms with van der Waals surface area (Å²) >= 11 is 1.20. The third-order valence-electron chi connectivity index (χ3n) is 3.41. The van der Waals surface area contributed by atoms with E-state index in [9.17, 15) is 19.3 Å². The first-order valence-electron chi connectivity index (χ1n) is 7.26. The van der Waals surface area contributed by atoms with E-state index in [4.69, 9.17) is 0 Å². The largest absolute Gasteiger partial charge is 0.302 e. The second kappa shape index (κ2) is 7.18. The predicted octanol–water partition coefficient (Wildman–Crippen LogP) is 4.04. The van der Waals surface area contributed by atoms with E-state index >= 15 is 0 Å². The van der Waals surface area contributed by atoms with E-state index in [1.165, 1.54) is 29.5 Å². The molecule has 3 aromatic rings. The van der Waals surface area contributed by atoms with Crippen LogP contribution in [0.25, 0.3) is 11.3 Å². The zero-order chi connectivity index (χ0) is 17.8. The molecule has 126 valence electrons. The smallest absolute Gasteiger partial charge is 0.270 e. The molecule has 2 aromatic carbocycles. The molecule has 8 heteroatoms. The number of nitrogens with zero attached hydrogens (tertiary/aromatic N) is 2. The van der Waals surface area contributed by atoms with E-state index in [1.807, 2.05) is 0 Å². The van der Waals surface area contributed by atoms with Crippen molar-refractivity contribution in [2.45, 2.75) is 6.42 Å². The van der Waals surface area contributed by atoms with Gasteiger partial charge in [-0.2, -0.15) is 0 Å². The molecule has 1 aromatic heterocycles. The molecule has 0 spiro atoms. The molecule has 0 bridgehead atoms. The molecule has 0 aliphatic carbocycles. The summed E-state index contributed by atoms with van der Waals surface area (Å²) in [5, 5.41) is 15.5. The minimum absolute atomic E-state index is 0.0318. The molecule has 0 saturated carbocycles. The number of nitro benzene ring substituents is 1. The summed E-state index contributed by atoms with van der Waals surface area (Å²) in [5.41, 5.74) is 1.38. The Morgan fingerprint density at radius 3 is 2.80 bits per heavy atom. The fourth-order valence-corrected chi connectivity index (χ4v) is 2.96. The van der Waals surface area contributed by atoms with Gasteiger partial charge in [-0.3, -0.25) is 14.9 Å². The van der Waals surface area contributed by atoms with Gasteiger partial charge in [0.15, 0.2) is 5.13 Å². The molecule has 0 fully saturated rings. The predicted molar refractivity (Wildman–Crippen MR) is 92.9 cm³/mol. The van der Waals surface area contributed by atoms with Gasteiger partial charge < -0.3 is 5.32 Å². The number of nitrogens with one attached hydrogen (secondary N) is 1. The summed E-state index contributed by atoms with van der Waals surface area (Å²) in [6.07, 6.45) is -0.0988. The van der Waals surface area contributed by atoms with Crippen molar-refractivity contribution < 1.29 is 14.1 Å².